The van der Waals surface area contributed by atoms with Crippen molar-refractivity contribution in [2.45, 2.75) is 34.1 Å². The van der Waals surface area contributed by atoms with Gasteiger partial charge in [-0.15, -0.1) is 0 Å². The lowest BCUT2D eigenvalue weighted by atomic mass is 9.94. The summed E-state index contributed by atoms with van der Waals surface area (Å²) in [5.41, 5.74) is 1.22. The highest BCUT2D eigenvalue weighted by atomic mass is 16.5. The van der Waals surface area contributed by atoms with Crippen LogP contribution >= 0.6 is 0 Å². The predicted molar refractivity (Wildman–Crippen MR) is 80.5 cm³/mol. The summed E-state index contributed by atoms with van der Waals surface area (Å²) < 4.78 is 5.56. The zero-order valence-electron chi connectivity index (χ0n) is 13.0. The highest BCUT2D eigenvalue weighted by Crippen LogP contribution is 2.18. The van der Waals surface area contributed by atoms with Crippen LogP contribution in [0.3, 0.4) is 0 Å². The number of benzene rings is 1. The van der Waals surface area contributed by atoms with E-state index in [0.717, 1.165) is 16.9 Å². The number of ether oxygens (including phenoxy) is 1. The van der Waals surface area contributed by atoms with Gasteiger partial charge in [0.25, 0.3) is 0 Å². The van der Waals surface area contributed by atoms with Crippen molar-refractivity contribution in [2.24, 2.45) is 5.41 Å². The van der Waals surface area contributed by atoms with E-state index in [1.807, 2.05) is 32.0 Å². The number of aliphatic carboxylic acids is 1. The Labute approximate surface area is 125 Å². The van der Waals surface area contributed by atoms with Crippen molar-refractivity contribution in [1.82, 2.24) is 5.32 Å². The Hall–Kier alpha value is -2.04. The van der Waals surface area contributed by atoms with Gasteiger partial charge >= 0.3 is 5.97 Å². The molecule has 0 saturated carbocycles. The van der Waals surface area contributed by atoms with Crippen molar-refractivity contribution >= 4 is 11.9 Å². The first kappa shape index (κ1) is 17.0. The summed E-state index contributed by atoms with van der Waals surface area (Å²) in [4.78, 5) is 22.6. The van der Waals surface area contributed by atoms with Crippen molar-refractivity contribution in [3.63, 3.8) is 0 Å². The molecule has 0 radical (unpaired) electrons. The SMILES string of the molecule is Cc1ccc(OCCC(=O)NCC(C)(C)C(=O)O)c(C)c1. The number of nitrogens with one attached hydrogen (secondary N) is 1. The highest BCUT2D eigenvalue weighted by Gasteiger charge is 2.27. The van der Waals surface area contributed by atoms with Crippen LogP contribution < -0.4 is 10.1 Å². The molecule has 0 heterocycles. The number of carboxylic acid groups (broad SMARTS) is 1. The third-order valence-corrected chi connectivity index (χ3v) is 3.22. The normalized spacial score (nSPS) is 11.0. The van der Waals surface area contributed by atoms with Crippen LogP contribution in [-0.2, 0) is 9.59 Å². The van der Waals surface area contributed by atoms with Crippen LogP contribution in [0.15, 0.2) is 18.2 Å². The molecular formula is C16H23NO4. The van der Waals surface area contributed by atoms with E-state index in [1.165, 1.54) is 0 Å². The Balaban J connectivity index is 2.35. The highest BCUT2D eigenvalue weighted by molar-refractivity contribution is 5.78. The van der Waals surface area contributed by atoms with E-state index in [0.29, 0.717) is 0 Å². The minimum Gasteiger partial charge on any atom is -0.493 e. The standard InChI is InChI=1S/C16H23NO4/c1-11-5-6-13(12(2)9-11)21-8-7-14(18)17-10-16(3,4)15(19)20/h5-6,9H,7-8,10H2,1-4H3,(H,17,18)(H,19,20). The smallest absolute Gasteiger partial charge is 0.310 e. The predicted octanol–water partition coefficient (Wildman–Crippen LogP) is 2.30. The number of hydrogen-bond donors (Lipinski definition) is 2. The fraction of sp³-hybridized carbons (Fsp3) is 0.500. The second kappa shape index (κ2) is 7.11. The number of carbonyl (C=O) groups excluding carboxylic acids is 1. The molecule has 2 N–H and O–H groups in total. The number of amides is 1. The van der Waals surface area contributed by atoms with Crippen molar-refractivity contribution in [1.29, 1.82) is 0 Å². The molecule has 1 aromatic rings. The van der Waals surface area contributed by atoms with Crippen LogP contribution in [-0.4, -0.2) is 30.1 Å². The van der Waals surface area contributed by atoms with E-state index >= 15 is 0 Å². The minimum atomic E-state index is -0.968. The molecule has 0 saturated heterocycles. The van der Waals surface area contributed by atoms with Gasteiger partial charge in [-0.05, 0) is 39.3 Å². The number of hydrogen-bond acceptors (Lipinski definition) is 3. The molecule has 0 unspecified atom stereocenters. The van der Waals surface area contributed by atoms with Gasteiger partial charge in [0, 0.05) is 6.54 Å². The first-order chi connectivity index (χ1) is 9.72. The molecule has 0 aromatic heterocycles. The topological polar surface area (TPSA) is 75.6 Å². The van der Waals surface area contributed by atoms with Gasteiger partial charge in [-0.25, -0.2) is 0 Å². The molecule has 0 bridgehead atoms. The second-order valence-electron chi connectivity index (χ2n) is 5.83. The van der Waals surface area contributed by atoms with E-state index < -0.39 is 11.4 Å². The van der Waals surface area contributed by atoms with Crippen LogP contribution in [0.4, 0.5) is 0 Å². The number of carbonyl (C=O) groups is 2. The van der Waals surface area contributed by atoms with Gasteiger partial charge in [0.1, 0.15) is 5.75 Å². The fourth-order valence-electron chi connectivity index (χ4n) is 1.70. The average Bonchev–Trinajstić information content (AvgIpc) is 2.39. The number of rotatable bonds is 7. The zero-order chi connectivity index (χ0) is 16.0. The van der Waals surface area contributed by atoms with Crippen LogP contribution in [0.5, 0.6) is 5.75 Å². The molecule has 1 rings (SSSR count). The van der Waals surface area contributed by atoms with E-state index in [4.69, 9.17) is 9.84 Å². The van der Waals surface area contributed by atoms with E-state index in [2.05, 4.69) is 5.32 Å². The first-order valence-corrected chi connectivity index (χ1v) is 6.92. The van der Waals surface area contributed by atoms with Crippen molar-refractivity contribution in [2.75, 3.05) is 13.2 Å². The lowest BCUT2D eigenvalue weighted by Gasteiger charge is -2.19. The van der Waals surface area contributed by atoms with Gasteiger partial charge in [-0.1, -0.05) is 17.7 Å². The molecule has 0 atom stereocenters. The largest absolute Gasteiger partial charge is 0.493 e. The third-order valence-electron chi connectivity index (χ3n) is 3.22. The van der Waals surface area contributed by atoms with Crippen LogP contribution in [0, 0.1) is 19.3 Å². The van der Waals surface area contributed by atoms with Crippen LogP contribution in [0.25, 0.3) is 0 Å². The van der Waals surface area contributed by atoms with Gasteiger partial charge in [-0.3, -0.25) is 9.59 Å². The van der Waals surface area contributed by atoms with Gasteiger partial charge in [0.05, 0.1) is 18.4 Å². The number of aryl methyl sites for hydroxylation is 2. The van der Waals surface area contributed by atoms with Crippen molar-refractivity contribution < 1.29 is 19.4 Å². The lowest BCUT2D eigenvalue weighted by Crippen LogP contribution is -2.39. The Bertz CT molecular complexity index is 523. The minimum absolute atomic E-state index is 0.102. The van der Waals surface area contributed by atoms with Crippen LogP contribution in [0.2, 0.25) is 0 Å². The Morgan fingerprint density at radius 3 is 2.52 bits per heavy atom. The molecule has 0 spiro atoms. The first-order valence-electron chi connectivity index (χ1n) is 6.92. The molecule has 5 heteroatoms. The maximum absolute atomic E-state index is 11.7. The monoisotopic (exact) mass is 293 g/mol. The summed E-state index contributed by atoms with van der Waals surface area (Å²) in [5, 5.41) is 11.6. The molecule has 0 aliphatic rings. The molecule has 1 amide bonds. The Morgan fingerprint density at radius 2 is 1.95 bits per heavy atom. The second-order valence-corrected chi connectivity index (χ2v) is 5.83. The fourth-order valence-corrected chi connectivity index (χ4v) is 1.70. The van der Waals surface area contributed by atoms with Crippen LogP contribution in [0.1, 0.15) is 31.4 Å². The summed E-state index contributed by atoms with van der Waals surface area (Å²) in [6.07, 6.45) is 0.197. The molecular weight excluding hydrogens is 270 g/mol. The molecule has 21 heavy (non-hydrogen) atoms. The molecule has 0 aliphatic heterocycles. The molecule has 0 fully saturated rings. The van der Waals surface area contributed by atoms with E-state index in [9.17, 15) is 9.59 Å². The molecule has 1 aromatic carbocycles. The van der Waals surface area contributed by atoms with Gasteiger partial charge < -0.3 is 15.2 Å². The zero-order valence-corrected chi connectivity index (χ0v) is 13.0. The number of carboxylic acids is 1. The molecule has 0 aliphatic carbocycles. The Morgan fingerprint density at radius 1 is 1.29 bits per heavy atom. The maximum Gasteiger partial charge on any atom is 0.310 e. The van der Waals surface area contributed by atoms with Gasteiger partial charge in [0.15, 0.2) is 0 Å². The van der Waals surface area contributed by atoms with Gasteiger partial charge in [-0.2, -0.15) is 0 Å². The Kier molecular flexibility index (Phi) is 5.76. The third kappa shape index (κ3) is 5.45. The molecule has 116 valence electrons. The lowest BCUT2D eigenvalue weighted by molar-refractivity contribution is -0.146. The quantitative estimate of drug-likeness (QED) is 0.809. The summed E-state index contributed by atoms with van der Waals surface area (Å²) in [7, 11) is 0. The van der Waals surface area contributed by atoms with Crippen molar-refractivity contribution in [3.05, 3.63) is 29.3 Å². The van der Waals surface area contributed by atoms with E-state index in [1.54, 1.807) is 13.8 Å². The molecule has 5 nitrogen and oxygen atoms in total. The summed E-state index contributed by atoms with van der Waals surface area (Å²) in [6.45, 7) is 7.48. The summed E-state index contributed by atoms with van der Waals surface area (Å²) in [6, 6.07) is 5.86. The summed E-state index contributed by atoms with van der Waals surface area (Å²) in [5.74, 6) is -0.386. The maximum atomic E-state index is 11.7. The van der Waals surface area contributed by atoms with Gasteiger partial charge in [0.2, 0.25) is 5.91 Å². The van der Waals surface area contributed by atoms with Crippen molar-refractivity contribution in [3.8, 4) is 5.75 Å². The average molecular weight is 293 g/mol. The van der Waals surface area contributed by atoms with E-state index in [-0.39, 0.29) is 25.5 Å². The summed E-state index contributed by atoms with van der Waals surface area (Å²) >= 11 is 0.